The molecule has 0 bridgehead atoms. The molecule has 0 aromatic heterocycles. The van der Waals surface area contributed by atoms with Gasteiger partial charge in [-0.05, 0) is 56.6 Å². The highest BCUT2D eigenvalue weighted by atomic mass is 16.5. The minimum absolute atomic E-state index is 0.106. The molecule has 4 heteroatoms. The molecule has 0 amide bonds. The molecule has 3 atom stereocenters. The van der Waals surface area contributed by atoms with E-state index >= 15 is 0 Å². The van der Waals surface area contributed by atoms with Crippen LogP contribution in [0.25, 0.3) is 0 Å². The van der Waals surface area contributed by atoms with Crippen LogP contribution in [0.15, 0.2) is 54.6 Å². The van der Waals surface area contributed by atoms with Crippen LogP contribution in [0.2, 0.25) is 0 Å². The lowest BCUT2D eigenvalue weighted by Gasteiger charge is -2.44. The van der Waals surface area contributed by atoms with Crippen LogP contribution in [0, 0.1) is 5.92 Å². The third-order valence-corrected chi connectivity index (χ3v) is 5.55. The van der Waals surface area contributed by atoms with Crippen LogP contribution in [0.5, 0.6) is 5.75 Å². The van der Waals surface area contributed by atoms with Gasteiger partial charge in [-0.1, -0.05) is 42.5 Å². The minimum atomic E-state index is -0.856. The van der Waals surface area contributed by atoms with Crippen molar-refractivity contribution in [1.82, 2.24) is 4.90 Å². The largest absolute Gasteiger partial charge is 0.497 e. The van der Waals surface area contributed by atoms with Gasteiger partial charge in [0.1, 0.15) is 5.75 Å². The summed E-state index contributed by atoms with van der Waals surface area (Å²) in [5.41, 5.74) is 1.27. The van der Waals surface area contributed by atoms with E-state index in [0.717, 1.165) is 30.7 Å². The normalized spacial score (nSPS) is 25.5. The molecule has 1 N–H and O–H groups in total. The maximum Gasteiger partial charge on any atom is 0.119 e. The molecule has 4 nitrogen and oxygen atoms in total. The van der Waals surface area contributed by atoms with E-state index in [1.165, 1.54) is 5.56 Å². The van der Waals surface area contributed by atoms with Gasteiger partial charge in [0.2, 0.25) is 0 Å². The van der Waals surface area contributed by atoms with Gasteiger partial charge in [-0.3, -0.25) is 0 Å². The Morgan fingerprint density at radius 3 is 2.59 bits per heavy atom. The molecule has 1 aliphatic carbocycles. The van der Waals surface area contributed by atoms with Crippen molar-refractivity contribution in [2.24, 2.45) is 5.92 Å². The van der Waals surface area contributed by atoms with E-state index in [-0.39, 0.29) is 12.0 Å². The lowest BCUT2D eigenvalue weighted by Crippen LogP contribution is -2.46. The zero-order valence-corrected chi connectivity index (χ0v) is 16.6. The molecule has 27 heavy (non-hydrogen) atoms. The number of rotatable bonds is 7. The molecule has 2 aromatic rings. The quantitative estimate of drug-likeness (QED) is 0.805. The fourth-order valence-electron chi connectivity index (χ4n) is 4.09. The van der Waals surface area contributed by atoms with Crippen LogP contribution in [-0.2, 0) is 16.9 Å². The van der Waals surface area contributed by atoms with E-state index in [4.69, 9.17) is 9.47 Å². The second-order valence-corrected chi connectivity index (χ2v) is 7.81. The van der Waals surface area contributed by atoms with Gasteiger partial charge in [-0.25, -0.2) is 0 Å². The summed E-state index contributed by atoms with van der Waals surface area (Å²) in [4.78, 5) is 2.15. The van der Waals surface area contributed by atoms with E-state index < -0.39 is 5.60 Å². The van der Waals surface area contributed by atoms with E-state index in [1.54, 1.807) is 7.11 Å². The van der Waals surface area contributed by atoms with Gasteiger partial charge in [0.15, 0.2) is 0 Å². The number of methoxy groups -OCH3 is 1. The average Bonchev–Trinajstić information content (AvgIpc) is 2.69. The molecule has 3 rings (SSSR count). The molecule has 0 radical (unpaired) electrons. The first kappa shape index (κ1) is 19.9. The molecule has 2 aromatic carbocycles. The fourth-order valence-corrected chi connectivity index (χ4v) is 4.09. The topological polar surface area (TPSA) is 41.9 Å². The van der Waals surface area contributed by atoms with Crippen LogP contribution >= 0.6 is 0 Å². The predicted molar refractivity (Wildman–Crippen MR) is 108 cm³/mol. The van der Waals surface area contributed by atoms with Crippen molar-refractivity contribution in [2.75, 3.05) is 27.7 Å². The maximum atomic E-state index is 11.6. The number of benzene rings is 2. The van der Waals surface area contributed by atoms with E-state index in [9.17, 15) is 5.11 Å². The molecule has 1 fully saturated rings. The van der Waals surface area contributed by atoms with E-state index in [0.29, 0.717) is 13.0 Å². The molecule has 0 heterocycles. The Hall–Kier alpha value is -1.88. The molecule has 0 aliphatic heterocycles. The Morgan fingerprint density at radius 2 is 1.89 bits per heavy atom. The second-order valence-electron chi connectivity index (χ2n) is 7.81. The first-order valence-corrected chi connectivity index (χ1v) is 9.68. The summed E-state index contributed by atoms with van der Waals surface area (Å²) < 4.78 is 11.6. The predicted octanol–water partition coefficient (Wildman–Crippen LogP) is 3.83. The molecule has 3 unspecified atom stereocenters. The van der Waals surface area contributed by atoms with Gasteiger partial charge < -0.3 is 19.5 Å². The summed E-state index contributed by atoms with van der Waals surface area (Å²) in [7, 11) is 5.77. The summed E-state index contributed by atoms with van der Waals surface area (Å²) in [5.74, 6) is 0.890. The Bertz CT molecular complexity index is 719. The highest BCUT2D eigenvalue weighted by Crippen LogP contribution is 2.43. The minimum Gasteiger partial charge on any atom is -0.497 e. The smallest absolute Gasteiger partial charge is 0.119 e. The van der Waals surface area contributed by atoms with Crippen molar-refractivity contribution in [3.8, 4) is 5.75 Å². The Balaban J connectivity index is 1.74. The molecule has 146 valence electrons. The number of nitrogens with zero attached hydrogens (tertiary/aromatic N) is 1. The number of hydrogen-bond acceptors (Lipinski definition) is 4. The lowest BCUT2D eigenvalue weighted by molar-refractivity contribution is -0.110. The van der Waals surface area contributed by atoms with Crippen molar-refractivity contribution in [2.45, 2.75) is 37.6 Å². The highest BCUT2D eigenvalue weighted by Gasteiger charge is 2.44. The SMILES string of the molecule is COc1cccc(C2(O)CCC(OCc3ccccc3)CC2CN(C)C)c1. The standard InChI is InChI=1S/C23H31NO3/c1-24(2)16-20-15-22(27-17-18-8-5-4-6-9-18)12-13-23(20,25)19-10-7-11-21(14-19)26-3/h4-11,14,20,22,25H,12-13,15-17H2,1-3H3. The fraction of sp³-hybridized carbons (Fsp3) is 0.478. The third kappa shape index (κ3) is 4.89. The van der Waals surface area contributed by atoms with Gasteiger partial charge in [0.05, 0.1) is 25.4 Å². The lowest BCUT2D eigenvalue weighted by atomic mass is 9.70. The molecular formula is C23H31NO3. The Morgan fingerprint density at radius 1 is 1.11 bits per heavy atom. The Labute approximate surface area is 162 Å². The van der Waals surface area contributed by atoms with Gasteiger partial charge >= 0.3 is 0 Å². The van der Waals surface area contributed by atoms with Gasteiger partial charge in [0, 0.05) is 12.5 Å². The summed E-state index contributed by atoms with van der Waals surface area (Å²) in [5, 5.41) is 11.6. The van der Waals surface area contributed by atoms with Crippen molar-refractivity contribution in [3.05, 3.63) is 65.7 Å². The van der Waals surface area contributed by atoms with Gasteiger partial charge in [-0.2, -0.15) is 0 Å². The van der Waals surface area contributed by atoms with Crippen LogP contribution in [0.1, 0.15) is 30.4 Å². The summed E-state index contributed by atoms with van der Waals surface area (Å²) >= 11 is 0. The number of aliphatic hydroxyl groups is 1. The zero-order valence-electron chi connectivity index (χ0n) is 16.6. The number of ether oxygens (including phenoxy) is 2. The molecular weight excluding hydrogens is 338 g/mol. The molecule has 0 spiro atoms. The molecule has 1 saturated carbocycles. The number of hydrogen-bond donors (Lipinski definition) is 1. The van der Waals surface area contributed by atoms with Crippen LogP contribution in [0.4, 0.5) is 0 Å². The average molecular weight is 370 g/mol. The van der Waals surface area contributed by atoms with Crippen LogP contribution < -0.4 is 4.74 Å². The maximum absolute atomic E-state index is 11.6. The monoisotopic (exact) mass is 369 g/mol. The first-order chi connectivity index (χ1) is 13.0. The van der Waals surface area contributed by atoms with Crippen LogP contribution in [0.3, 0.4) is 0 Å². The first-order valence-electron chi connectivity index (χ1n) is 9.68. The van der Waals surface area contributed by atoms with Gasteiger partial charge in [0.25, 0.3) is 0 Å². The van der Waals surface area contributed by atoms with Crippen molar-refractivity contribution < 1.29 is 14.6 Å². The third-order valence-electron chi connectivity index (χ3n) is 5.55. The van der Waals surface area contributed by atoms with Crippen molar-refractivity contribution in [3.63, 3.8) is 0 Å². The van der Waals surface area contributed by atoms with Crippen molar-refractivity contribution >= 4 is 0 Å². The zero-order chi connectivity index (χ0) is 19.3. The molecule has 0 saturated heterocycles. The van der Waals surface area contributed by atoms with Crippen LogP contribution in [-0.4, -0.2) is 43.9 Å². The van der Waals surface area contributed by atoms with Crippen molar-refractivity contribution in [1.29, 1.82) is 0 Å². The second kappa shape index (κ2) is 8.87. The summed E-state index contributed by atoms with van der Waals surface area (Å²) in [6.07, 6.45) is 2.56. The van der Waals surface area contributed by atoms with E-state index in [2.05, 4.69) is 31.1 Å². The van der Waals surface area contributed by atoms with E-state index in [1.807, 2.05) is 42.5 Å². The Kier molecular flexibility index (Phi) is 6.53. The molecule has 1 aliphatic rings. The van der Waals surface area contributed by atoms with Gasteiger partial charge in [-0.15, -0.1) is 0 Å². The highest BCUT2D eigenvalue weighted by molar-refractivity contribution is 5.33. The summed E-state index contributed by atoms with van der Waals surface area (Å²) in [6.45, 7) is 1.44. The summed E-state index contributed by atoms with van der Waals surface area (Å²) in [6, 6.07) is 18.1.